The Balaban J connectivity index is 1.18. The number of aryl methyl sites for hydroxylation is 3. The van der Waals surface area contributed by atoms with Gasteiger partial charge in [-0.1, -0.05) is 127 Å². The maximum absolute atomic E-state index is 5.00. The van der Waals surface area contributed by atoms with Crippen molar-refractivity contribution in [2.45, 2.75) is 20.8 Å². The molecule has 0 atom stereocenters. The van der Waals surface area contributed by atoms with Gasteiger partial charge in [-0.15, -0.1) is 0 Å². The van der Waals surface area contributed by atoms with Gasteiger partial charge < -0.3 is 9.13 Å². The van der Waals surface area contributed by atoms with Gasteiger partial charge in [-0.2, -0.15) is 0 Å². The van der Waals surface area contributed by atoms with E-state index in [1.807, 2.05) is 0 Å². The Morgan fingerprint density at radius 1 is 0.340 bits per heavy atom. The number of hydrogen-bond donors (Lipinski definition) is 0. The minimum atomic E-state index is 1.04. The first-order valence-corrected chi connectivity index (χ1v) is 18.3. The molecule has 0 N–H and O–H groups in total. The van der Waals surface area contributed by atoms with Crippen molar-refractivity contribution in [3.05, 3.63) is 187 Å². The van der Waals surface area contributed by atoms with Crippen LogP contribution in [0.25, 0.3) is 88.4 Å². The molecule has 0 radical (unpaired) electrons. The lowest BCUT2D eigenvalue weighted by atomic mass is 9.95. The molecule has 0 amide bonds. The fraction of sp³-hybridized carbons (Fsp3) is 0.0600. The summed E-state index contributed by atoms with van der Waals surface area (Å²) < 4.78 is 4.85. The average molecular weight is 680 g/mol. The summed E-state index contributed by atoms with van der Waals surface area (Å²) in [5, 5.41) is 5.01. The van der Waals surface area contributed by atoms with Gasteiger partial charge >= 0.3 is 0 Å². The molecule has 3 heterocycles. The fourth-order valence-electron chi connectivity index (χ4n) is 8.31. The first-order valence-electron chi connectivity index (χ1n) is 18.3. The predicted octanol–water partition coefficient (Wildman–Crippen LogP) is 13.2. The van der Waals surface area contributed by atoms with E-state index < -0.39 is 0 Å². The summed E-state index contributed by atoms with van der Waals surface area (Å²) in [5.41, 5.74) is 17.4. The summed E-state index contributed by atoms with van der Waals surface area (Å²) in [6, 6.07) is 62.1. The molecule has 252 valence electrons. The normalized spacial score (nSPS) is 11.7. The van der Waals surface area contributed by atoms with Gasteiger partial charge in [0, 0.05) is 55.4 Å². The molecule has 3 nitrogen and oxygen atoms in total. The lowest BCUT2D eigenvalue weighted by molar-refractivity contribution is 1.13. The van der Waals surface area contributed by atoms with E-state index in [4.69, 9.17) is 4.98 Å². The lowest BCUT2D eigenvalue weighted by Gasteiger charge is -2.16. The van der Waals surface area contributed by atoms with E-state index in [0.717, 1.165) is 45.0 Å². The molecular formula is C50H37N3. The Labute approximate surface area is 309 Å². The molecule has 53 heavy (non-hydrogen) atoms. The van der Waals surface area contributed by atoms with Crippen LogP contribution in [-0.4, -0.2) is 14.1 Å². The molecule has 0 aliphatic rings. The maximum Gasteiger partial charge on any atom is 0.0541 e. The standard InChI is InChI=1S/C50H37N3/c1-32-20-22-36(23-21-32)45-31-46(34(3)51-33(45)2)37-26-24-35(25-27-37)38-28-39(52-47-16-8-4-12-41(47)42-13-5-9-17-48(42)52)30-40(29-38)53-49-18-10-6-14-43(49)44-15-7-11-19-50(44)53/h4-31H,1-3H3. The van der Waals surface area contributed by atoms with Gasteiger partial charge in [0.1, 0.15) is 0 Å². The van der Waals surface area contributed by atoms with Crippen LogP contribution in [0, 0.1) is 20.8 Å². The summed E-state index contributed by atoms with van der Waals surface area (Å²) in [4.78, 5) is 5.00. The molecule has 0 aliphatic heterocycles. The Morgan fingerprint density at radius 2 is 0.698 bits per heavy atom. The van der Waals surface area contributed by atoms with Crippen molar-refractivity contribution in [2.24, 2.45) is 0 Å². The van der Waals surface area contributed by atoms with Crippen LogP contribution < -0.4 is 0 Å². The van der Waals surface area contributed by atoms with E-state index in [1.165, 1.54) is 60.3 Å². The van der Waals surface area contributed by atoms with Crippen molar-refractivity contribution in [3.8, 4) is 44.8 Å². The number of benzene rings is 7. The van der Waals surface area contributed by atoms with Crippen molar-refractivity contribution in [3.63, 3.8) is 0 Å². The van der Waals surface area contributed by atoms with Crippen molar-refractivity contribution in [1.29, 1.82) is 0 Å². The topological polar surface area (TPSA) is 22.8 Å². The van der Waals surface area contributed by atoms with Crippen LogP contribution in [0.3, 0.4) is 0 Å². The zero-order valence-electron chi connectivity index (χ0n) is 30.0. The molecule has 7 aromatic carbocycles. The van der Waals surface area contributed by atoms with Crippen LogP contribution >= 0.6 is 0 Å². The van der Waals surface area contributed by atoms with Crippen molar-refractivity contribution in [1.82, 2.24) is 14.1 Å². The van der Waals surface area contributed by atoms with E-state index in [2.05, 4.69) is 200 Å². The molecule has 0 saturated heterocycles. The highest BCUT2D eigenvalue weighted by atomic mass is 15.0. The Hall–Kier alpha value is -6.71. The summed E-state index contributed by atoms with van der Waals surface area (Å²) in [5.74, 6) is 0. The molecule has 3 heteroatoms. The van der Waals surface area contributed by atoms with Crippen LogP contribution in [0.5, 0.6) is 0 Å². The van der Waals surface area contributed by atoms with Gasteiger partial charge in [-0.25, -0.2) is 0 Å². The van der Waals surface area contributed by atoms with Crippen LogP contribution in [-0.2, 0) is 0 Å². The second kappa shape index (κ2) is 12.2. The monoisotopic (exact) mass is 679 g/mol. The molecule has 0 spiro atoms. The third kappa shape index (κ3) is 5.08. The molecule has 0 saturated carbocycles. The summed E-state index contributed by atoms with van der Waals surface area (Å²) in [7, 11) is 0. The number of pyridine rings is 1. The van der Waals surface area contributed by atoms with Crippen molar-refractivity contribution < 1.29 is 0 Å². The molecule has 0 unspecified atom stereocenters. The predicted molar refractivity (Wildman–Crippen MR) is 223 cm³/mol. The lowest BCUT2D eigenvalue weighted by Crippen LogP contribution is -2.00. The van der Waals surface area contributed by atoms with Crippen LogP contribution in [0.1, 0.15) is 17.0 Å². The highest BCUT2D eigenvalue weighted by molar-refractivity contribution is 6.10. The van der Waals surface area contributed by atoms with E-state index >= 15 is 0 Å². The van der Waals surface area contributed by atoms with Gasteiger partial charge in [0.25, 0.3) is 0 Å². The molecule has 3 aromatic heterocycles. The summed E-state index contributed by atoms with van der Waals surface area (Å²) >= 11 is 0. The first kappa shape index (κ1) is 31.1. The smallest absolute Gasteiger partial charge is 0.0541 e. The van der Waals surface area contributed by atoms with Crippen LogP contribution in [0.2, 0.25) is 0 Å². The van der Waals surface area contributed by atoms with E-state index in [9.17, 15) is 0 Å². The summed E-state index contributed by atoms with van der Waals surface area (Å²) in [6.45, 7) is 6.35. The number of nitrogens with zero attached hydrogens (tertiary/aromatic N) is 3. The van der Waals surface area contributed by atoms with Gasteiger partial charge in [0.15, 0.2) is 0 Å². The highest BCUT2D eigenvalue weighted by Gasteiger charge is 2.18. The van der Waals surface area contributed by atoms with Gasteiger partial charge in [-0.05, 0) is 91.6 Å². The van der Waals surface area contributed by atoms with E-state index in [1.54, 1.807) is 0 Å². The van der Waals surface area contributed by atoms with Gasteiger partial charge in [0.2, 0.25) is 0 Å². The first-order chi connectivity index (χ1) is 26.0. The molecular weight excluding hydrogens is 643 g/mol. The molecule has 10 rings (SSSR count). The Bertz CT molecular complexity index is 2770. The van der Waals surface area contributed by atoms with Gasteiger partial charge in [0.05, 0.1) is 22.1 Å². The largest absolute Gasteiger partial charge is 0.309 e. The number of fused-ring (bicyclic) bond motifs is 6. The second-order valence-electron chi connectivity index (χ2n) is 14.2. The molecule has 0 bridgehead atoms. The van der Waals surface area contributed by atoms with Crippen LogP contribution in [0.15, 0.2) is 170 Å². The van der Waals surface area contributed by atoms with Gasteiger partial charge in [-0.3, -0.25) is 4.98 Å². The second-order valence-corrected chi connectivity index (χ2v) is 14.2. The molecule has 0 aliphatic carbocycles. The molecule has 0 fully saturated rings. The number of rotatable bonds is 5. The number of para-hydroxylation sites is 4. The fourth-order valence-corrected chi connectivity index (χ4v) is 8.31. The van der Waals surface area contributed by atoms with Crippen molar-refractivity contribution in [2.75, 3.05) is 0 Å². The zero-order valence-corrected chi connectivity index (χ0v) is 30.0. The Kier molecular flexibility index (Phi) is 7.16. The highest BCUT2D eigenvalue weighted by Crippen LogP contribution is 2.38. The molecule has 10 aromatic rings. The van der Waals surface area contributed by atoms with Crippen molar-refractivity contribution >= 4 is 43.6 Å². The quantitative estimate of drug-likeness (QED) is 0.178. The summed E-state index contributed by atoms with van der Waals surface area (Å²) in [6.07, 6.45) is 0. The third-order valence-electron chi connectivity index (χ3n) is 10.9. The van der Waals surface area contributed by atoms with E-state index in [0.29, 0.717) is 0 Å². The maximum atomic E-state index is 5.00. The SMILES string of the molecule is Cc1ccc(-c2cc(-c3ccc(-c4cc(-n5c6ccccc6c6ccccc65)cc(-n5c6ccccc6c6ccccc65)c4)cc3)c(C)nc2C)cc1. The number of aromatic nitrogens is 3. The third-order valence-corrected chi connectivity index (χ3v) is 10.9. The number of hydrogen-bond acceptors (Lipinski definition) is 1. The van der Waals surface area contributed by atoms with E-state index in [-0.39, 0.29) is 0 Å². The zero-order chi connectivity index (χ0) is 35.6. The Morgan fingerprint density at radius 3 is 1.11 bits per heavy atom. The minimum absolute atomic E-state index is 1.04. The minimum Gasteiger partial charge on any atom is -0.309 e. The van der Waals surface area contributed by atoms with Crippen LogP contribution in [0.4, 0.5) is 0 Å². The average Bonchev–Trinajstić information content (AvgIpc) is 3.72.